The van der Waals surface area contributed by atoms with Crippen LogP contribution in [0.5, 0.6) is 0 Å². The Labute approximate surface area is 199 Å². The number of morpholine rings is 1. The lowest BCUT2D eigenvalue weighted by atomic mass is 10.2. The van der Waals surface area contributed by atoms with Gasteiger partial charge >= 0.3 is 0 Å². The van der Waals surface area contributed by atoms with Crippen LogP contribution in [0.2, 0.25) is 0 Å². The molecule has 0 radical (unpaired) electrons. The minimum Gasteiger partial charge on any atom is -0.384 e. The summed E-state index contributed by atoms with van der Waals surface area (Å²) in [5.41, 5.74) is 8.28. The molecule has 0 unspecified atom stereocenters. The molecular weight excluding hydrogens is 430 g/mol. The first-order valence-electron chi connectivity index (χ1n) is 11.9. The fourth-order valence-corrected chi connectivity index (χ4v) is 4.18. The third-order valence-electron chi connectivity index (χ3n) is 6.06. The van der Waals surface area contributed by atoms with Gasteiger partial charge in [0, 0.05) is 44.0 Å². The zero-order valence-electron chi connectivity index (χ0n) is 19.3. The molecular formula is C24H31N9O. The van der Waals surface area contributed by atoms with Crippen LogP contribution in [0.3, 0.4) is 0 Å². The molecule has 0 bridgehead atoms. The summed E-state index contributed by atoms with van der Waals surface area (Å²) < 4.78 is 5.49. The number of nitrogens with zero attached hydrogens (tertiary/aromatic N) is 6. The van der Waals surface area contributed by atoms with E-state index in [1.54, 1.807) is 12.3 Å². The molecule has 10 nitrogen and oxygen atoms in total. The summed E-state index contributed by atoms with van der Waals surface area (Å²) in [5, 5.41) is 6.79. The number of aromatic nitrogens is 4. The predicted molar refractivity (Wildman–Crippen MR) is 134 cm³/mol. The molecule has 0 atom stereocenters. The zero-order valence-corrected chi connectivity index (χ0v) is 19.3. The van der Waals surface area contributed by atoms with Crippen molar-refractivity contribution in [2.75, 3.05) is 73.7 Å². The predicted octanol–water partition coefficient (Wildman–Crippen LogP) is 2.60. The van der Waals surface area contributed by atoms with E-state index in [2.05, 4.69) is 30.4 Å². The second-order valence-electron chi connectivity index (χ2n) is 8.54. The van der Waals surface area contributed by atoms with E-state index in [1.807, 2.05) is 30.5 Å². The minimum absolute atomic E-state index is 0.477. The van der Waals surface area contributed by atoms with E-state index in [-0.39, 0.29) is 0 Å². The molecule has 2 aliphatic rings. The molecule has 3 aromatic rings. The first-order chi connectivity index (χ1) is 16.7. The van der Waals surface area contributed by atoms with E-state index in [1.165, 1.54) is 25.9 Å². The van der Waals surface area contributed by atoms with E-state index < -0.39 is 0 Å². The van der Waals surface area contributed by atoms with Gasteiger partial charge in [0.25, 0.3) is 0 Å². The lowest BCUT2D eigenvalue weighted by Gasteiger charge is -2.27. The Morgan fingerprint density at radius 2 is 1.76 bits per heavy atom. The van der Waals surface area contributed by atoms with Crippen LogP contribution < -0.4 is 21.3 Å². The molecule has 178 valence electrons. The van der Waals surface area contributed by atoms with Crippen molar-refractivity contribution in [3.63, 3.8) is 0 Å². The molecule has 0 spiro atoms. The summed E-state index contributed by atoms with van der Waals surface area (Å²) in [5.74, 6) is 2.70. The highest BCUT2D eigenvalue weighted by molar-refractivity contribution is 5.67. The Morgan fingerprint density at radius 1 is 0.912 bits per heavy atom. The zero-order chi connectivity index (χ0) is 23.2. The van der Waals surface area contributed by atoms with Crippen LogP contribution in [-0.4, -0.2) is 77.3 Å². The number of anilines is 5. The summed E-state index contributed by atoms with van der Waals surface area (Å²) >= 11 is 0. The Hall–Kier alpha value is -3.50. The van der Waals surface area contributed by atoms with Gasteiger partial charge in [-0.1, -0.05) is 0 Å². The van der Waals surface area contributed by atoms with Gasteiger partial charge in [-0.05, 0) is 50.2 Å². The highest BCUT2D eigenvalue weighted by Crippen LogP contribution is 2.25. The second-order valence-corrected chi connectivity index (χ2v) is 8.54. The normalized spacial score (nSPS) is 16.5. The lowest BCUT2D eigenvalue weighted by molar-refractivity contribution is 0.122. The number of likely N-dealkylation sites (tertiary alicyclic amines) is 1. The first-order valence-corrected chi connectivity index (χ1v) is 11.9. The number of nitrogens with one attached hydrogen (secondary N) is 2. The maximum absolute atomic E-state index is 5.77. The van der Waals surface area contributed by atoms with Gasteiger partial charge in [-0.15, -0.1) is 0 Å². The first kappa shape index (κ1) is 22.3. The van der Waals surface area contributed by atoms with E-state index in [9.17, 15) is 0 Å². The number of hydrogen-bond donors (Lipinski definition) is 3. The van der Waals surface area contributed by atoms with Crippen LogP contribution in [0.4, 0.5) is 29.1 Å². The monoisotopic (exact) mass is 461 g/mol. The van der Waals surface area contributed by atoms with Gasteiger partial charge < -0.3 is 30.9 Å². The number of nitrogen functional groups attached to an aromatic ring is 1. The average Bonchev–Trinajstić information content (AvgIpc) is 3.40. The van der Waals surface area contributed by atoms with Gasteiger partial charge in [-0.25, -0.2) is 15.0 Å². The largest absolute Gasteiger partial charge is 0.384 e. The molecule has 5 heterocycles. The molecule has 2 fully saturated rings. The fraction of sp³-hybridized carbons (Fsp3) is 0.417. The average molecular weight is 462 g/mol. The summed E-state index contributed by atoms with van der Waals surface area (Å²) in [6, 6.07) is 9.60. The molecule has 0 aromatic carbocycles. The molecule has 3 aromatic heterocycles. The minimum atomic E-state index is 0.477. The molecule has 10 heteroatoms. The molecule has 0 aliphatic carbocycles. The smallest absolute Gasteiger partial charge is 0.228 e. The molecule has 2 aliphatic heterocycles. The Balaban J connectivity index is 1.30. The molecule has 34 heavy (non-hydrogen) atoms. The third-order valence-corrected chi connectivity index (χ3v) is 6.06. The molecule has 2 saturated heterocycles. The van der Waals surface area contributed by atoms with Crippen molar-refractivity contribution < 1.29 is 4.74 Å². The quantitative estimate of drug-likeness (QED) is 0.462. The summed E-state index contributed by atoms with van der Waals surface area (Å²) in [6.07, 6.45) is 6.17. The molecule has 0 amide bonds. The number of pyridine rings is 2. The molecule has 0 saturated carbocycles. The number of rotatable bonds is 8. The van der Waals surface area contributed by atoms with E-state index in [0.29, 0.717) is 30.8 Å². The highest BCUT2D eigenvalue weighted by atomic mass is 16.5. The van der Waals surface area contributed by atoms with Crippen LogP contribution in [0.15, 0.2) is 42.7 Å². The fourth-order valence-electron chi connectivity index (χ4n) is 4.18. The maximum atomic E-state index is 5.77. The number of hydrogen-bond acceptors (Lipinski definition) is 10. The van der Waals surface area contributed by atoms with E-state index in [0.717, 1.165) is 48.9 Å². The van der Waals surface area contributed by atoms with Crippen LogP contribution in [-0.2, 0) is 4.74 Å². The van der Waals surface area contributed by atoms with Crippen molar-refractivity contribution in [2.45, 2.75) is 12.8 Å². The maximum Gasteiger partial charge on any atom is 0.228 e. The van der Waals surface area contributed by atoms with E-state index >= 15 is 0 Å². The van der Waals surface area contributed by atoms with Crippen molar-refractivity contribution >= 4 is 29.1 Å². The van der Waals surface area contributed by atoms with Crippen LogP contribution >= 0.6 is 0 Å². The second kappa shape index (κ2) is 10.6. The molecule has 4 N–H and O–H groups in total. The highest BCUT2D eigenvalue weighted by Gasteiger charge is 2.17. The van der Waals surface area contributed by atoms with E-state index in [4.69, 9.17) is 20.4 Å². The van der Waals surface area contributed by atoms with Crippen LogP contribution in [0.1, 0.15) is 12.8 Å². The van der Waals surface area contributed by atoms with Gasteiger partial charge in [-0.3, -0.25) is 0 Å². The third kappa shape index (κ3) is 5.70. The van der Waals surface area contributed by atoms with Crippen molar-refractivity contribution in [1.82, 2.24) is 24.8 Å². The van der Waals surface area contributed by atoms with Crippen molar-refractivity contribution in [2.24, 2.45) is 0 Å². The van der Waals surface area contributed by atoms with Crippen LogP contribution in [0, 0.1) is 0 Å². The van der Waals surface area contributed by atoms with Gasteiger partial charge in [0.05, 0.1) is 30.8 Å². The van der Waals surface area contributed by atoms with Gasteiger partial charge in [-0.2, -0.15) is 4.98 Å². The summed E-state index contributed by atoms with van der Waals surface area (Å²) in [4.78, 5) is 22.9. The van der Waals surface area contributed by atoms with Crippen molar-refractivity contribution in [3.05, 3.63) is 42.7 Å². The van der Waals surface area contributed by atoms with Gasteiger partial charge in [0.2, 0.25) is 5.95 Å². The Kier molecular flexibility index (Phi) is 6.97. The topological polar surface area (TPSA) is 117 Å². The number of ether oxygens (including phenoxy) is 1. The van der Waals surface area contributed by atoms with Gasteiger partial charge in [0.1, 0.15) is 17.5 Å². The summed E-state index contributed by atoms with van der Waals surface area (Å²) in [7, 11) is 0. The molecule has 5 rings (SSSR count). The summed E-state index contributed by atoms with van der Waals surface area (Å²) in [6.45, 7) is 7.19. The Morgan fingerprint density at radius 3 is 2.50 bits per heavy atom. The van der Waals surface area contributed by atoms with Gasteiger partial charge in [0.15, 0.2) is 0 Å². The van der Waals surface area contributed by atoms with Crippen molar-refractivity contribution in [1.29, 1.82) is 0 Å². The lowest BCUT2D eigenvalue weighted by Crippen LogP contribution is -2.37. The SMILES string of the molecule is Nc1ccc(-c2cc(Nc3ccc(NCCN4CCCC4)nc3)nc(N3CCOCC3)n2)cn1. The van der Waals surface area contributed by atoms with Crippen molar-refractivity contribution in [3.8, 4) is 11.3 Å². The number of nitrogens with two attached hydrogens (primary N) is 1. The standard InChI is InChI=1S/C24H31N9O/c25-21-5-3-18(16-27-21)20-15-23(31-24(30-20)33-11-13-34-14-12-33)29-19-4-6-22(28-17-19)26-7-10-32-8-1-2-9-32/h3-6,15-17H,1-2,7-14H2,(H2,25,27)(H,26,28)(H,29,30,31). The van der Waals surface area contributed by atoms with Crippen LogP contribution in [0.25, 0.3) is 11.3 Å². The Bertz CT molecular complexity index is 1060.